The zero-order valence-electron chi connectivity index (χ0n) is 15.0. The molecule has 0 aliphatic rings. The molecule has 140 valence electrons. The number of anilines is 1. The van der Waals surface area contributed by atoms with Crippen molar-refractivity contribution in [1.82, 2.24) is 14.6 Å². The normalized spacial score (nSPS) is 11.7. The molecule has 0 spiro atoms. The van der Waals surface area contributed by atoms with Crippen LogP contribution in [0.15, 0.2) is 59.7 Å². The first-order valence-corrected chi connectivity index (χ1v) is 9.34. The van der Waals surface area contributed by atoms with E-state index in [1.807, 2.05) is 37.3 Å². The van der Waals surface area contributed by atoms with Crippen molar-refractivity contribution >= 4 is 34.0 Å². The van der Waals surface area contributed by atoms with Crippen LogP contribution in [-0.4, -0.2) is 27.1 Å². The van der Waals surface area contributed by atoms with Crippen LogP contribution in [0.1, 0.15) is 11.1 Å². The van der Waals surface area contributed by atoms with E-state index in [4.69, 9.17) is 4.74 Å². The number of hydrogen-bond acceptors (Lipinski definition) is 6. The summed E-state index contributed by atoms with van der Waals surface area (Å²) in [5.74, 6) is 0.299. The fraction of sp³-hybridized carbons (Fsp3) is 0.100. The van der Waals surface area contributed by atoms with Crippen molar-refractivity contribution in [3.8, 4) is 5.75 Å². The third-order valence-corrected chi connectivity index (χ3v) is 4.92. The molecular formula is C20H16N4O3S. The number of nitrogens with zero attached hydrogens (tertiary/aromatic N) is 3. The molecule has 2 aromatic carbocycles. The van der Waals surface area contributed by atoms with Gasteiger partial charge in [0, 0.05) is 5.69 Å². The number of fused-ring (bicyclic) bond motifs is 1. The van der Waals surface area contributed by atoms with Crippen molar-refractivity contribution in [3.05, 3.63) is 80.9 Å². The summed E-state index contributed by atoms with van der Waals surface area (Å²) in [6, 6.07) is 14.8. The predicted octanol–water partition coefficient (Wildman–Crippen LogP) is 2.02. The van der Waals surface area contributed by atoms with Crippen LogP contribution in [0.25, 0.3) is 11.0 Å². The van der Waals surface area contributed by atoms with E-state index in [1.165, 1.54) is 22.2 Å². The van der Waals surface area contributed by atoms with Gasteiger partial charge in [-0.15, -0.1) is 0 Å². The quantitative estimate of drug-likeness (QED) is 0.562. The third kappa shape index (κ3) is 3.91. The van der Waals surface area contributed by atoms with Gasteiger partial charge in [-0.05, 0) is 48.4 Å². The van der Waals surface area contributed by atoms with Crippen molar-refractivity contribution < 1.29 is 9.53 Å². The van der Waals surface area contributed by atoms with Gasteiger partial charge in [-0.1, -0.05) is 35.6 Å². The van der Waals surface area contributed by atoms with Gasteiger partial charge in [-0.2, -0.15) is 9.61 Å². The van der Waals surface area contributed by atoms with E-state index >= 15 is 0 Å². The Balaban J connectivity index is 1.46. The monoisotopic (exact) mass is 392 g/mol. The van der Waals surface area contributed by atoms with Crippen LogP contribution in [0.2, 0.25) is 0 Å². The summed E-state index contributed by atoms with van der Waals surface area (Å²) < 4.78 is 7.39. The SMILES string of the molecule is Cc1cccc(NC(=O)COc2cccc(/C=c3\sc4ncnn4c3=O)c2)c1. The Labute approximate surface area is 163 Å². The number of aryl methyl sites for hydroxylation is 1. The molecule has 7 nitrogen and oxygen atoms in total. The van der Waals surface area contributed by atoms with Crippen LogP contribution in [0.4, 0.5) is 5.69 Å². The highest BCUT2D eigenvalue weighted by Crippen LogP contribution is 2.15. The van der Waals surface area contributed by atoms with Crippen molar-refractivity contribution in [1.29, 1.82) is 0 Å². The molecule has 0 aliphatic carbocycles. The number of aromatic nitrogens is 3. The minimum Gasteiger partial charge on any atom is -0.484 e. The van der Waals surface area contributed by atoms with Crippen molar-refractivity contribution in [2.75, 3.05) is 11.9 Å². The van der Waals surface area contributed by atoms with Crippen LogP contribution in [0.3, 0.4) is 0 Å². The van der Waals surface area contributed by atoms with Gasteiger partial charge in [0.1, 0.15) is 12.1 Å². The number of nitrogens with one attached hydrogen (secondary N) is 1. The molecule has 0 saturated carbocycles. The Morgan fingerprint density at radius 3 is 2.93 bits per heavy atom. The first-order valence-electron chi connectivity index (χ1n) is 8.52. The van der Waals surface area contributed by atoms with Gasteiger partial charge in [0.2, 0.25) is 4.96 Å². The summed E-state index contributed by atoms with van der Waals surface area (Å²) in [6.07, 6.45) is 3.11. The number of ether oxygens (including phenoxy) is 1. The molecule has 0 fully saturated rings. The molecule has 0 aliphatic heterocycles. The van der Waals surface area contributed by atoms with E-state index in [9.17, 15) is 9.59 Å². The fourth-order valence-corrected chi connectivity index (χ4v) is 3.57. The van der Waals surface area contributed by atoms with Crippen LogP contribution < -0.4 is 20.1 Å². The number of carbonyl (C=O) groups is 1. The van der Waals surface area contributed by atoms with E-state index in [0.717, 1.165) is 16.8 Å². The first-order chi connectivity index (χ1) is 13.6. The fourth-order valence-electron chi connectivity index (χ4n) is 2.69. The largest absolute Gasteiger partial charge is 0.484 e. The summed E-state index contributed by atoms with van der Waals surface area (Å²) >= 11 is 1.27. The molecule has 2 aromatic heterocycles. The second-order valence-corrected chi connectivity index (χ2v) is 7.16. The average molecular weight is 392 g/mol. The van der Waals surface area contributed by atoms with Gasteiger partial charge in [-0.3, -0.25) is 9.59 Å². The van der Waals surface area contributed by atoms with Gasteiger partial charge in [0.25, 0.3) is 11.5 Å². The lowest BCUT2D eigenvalue weighted by atomic mass is 10.2. The minimum atomic E-state index is -0.243. The highest BCUT2D eigenvalue weighted by atomic mass is 32.1. The van der Waals surface area contributed by atoms with Crippen molar-refractivity contribution in [2.45, 2.75) is 6.92 Å². The lowest BCUT2D eigenvalue weighted by Gasteiger charge is -2.08. The second-order valence-electron chi connectivity index (χ2n) is 6.15. The maximum absolute atomic E-state index is 12.2. The van der Waals surface area contributed by atoms with Gasteiger partial charge in [-0.25, -0.2) is 4.98 Å². The third-order valence-electron chi connectivity index (χ3n) is 3.95. The molecule has 28 heavy (non-hydrogen) atoms. The Morgan fingerprint density at radius 1 is 1.25 bits per heavy atom. The van der Waals surface area contributed by atoms with Crippen molar-refractivity contribution in [2.24, 2.45) is 0 Å². The Kier molecular flexibility index (Phi) is 4.86. The van der Waals surface area contributed by atoms with E-state index < -0.39 is 0 Å². The minimum absolute atomic E-state index is 0.110. The van der Waals surface area contributed by atoms with Gasteiger partial charge in [0.15, 0.2) is 6.61 Å². The van der Waals surface area contributed by atoms with Gasteiger partial charge < -0.3 is 10.1 Å². The van der Waals surface area contributed by atoms with Crippen LogP contribution in [0.5, 0.6) is 5.75 Å². The molecule has 4 rings (SSSR count). The molecule has 0 saturated heterocycles. The molecule has 1 amide bonds. The van der Waals surface area contributed by atoms with Crippen LogP contribution >= 0.6 is 11.3 Å². The summed E-state index contributed by atoms with van der Waals surface area (Å²) in [4.78, 5) is 28.9. The Hall–Kier alpha value is -3.52. The molecule has 8 heteroatoms. The molecule has 0 unspecified atom stereocenters. The number of amides is 1. The number of carbonyl (C=O) groups excluding carboxylic acids is 1. The van der Waals surface area contributed by atoms with Crippen LogP contribution in [0, 0.1) is 6.92 Å². The van der Waals surface area contributed by atoms with E-state index in [-0.39, 0.29) is 18.1 Å². The highest BCUT2D eigenvalue weighted by molar-refractivity contribution is 7.15. The van der Waals surface area contributed by atoms with Gasteiger partial charge >= 0.3 is 0 Å². The molecule has 0 atom stereocenters. The number of benzene rings is 2. The summed E-state index contributed by atoms with van der Waals surface area (Å²) in [7, 11) is 0. The van der Waals surface area contributed by atoms with Crippen molar-refractivity contribution in [3.63, 3.8) is 0 Å². The highest BCUT2D eigenvalue weighted by Gasteiger charge is 2.06. The summed E-state index contributed by atoms with van der Waals surface area (Å²) in [5, 5.41) is 6.70. The number of thiazole rings is 1. The molecule has 1 N–H and O–H groups in total. The van der Waals surface area contributed by atoms with E-state index in [1.54, 1.807) is 24.3 Å². The molecule has 4 aromatic rings. The molecule has 0 radical (unpaired) electrons. The summed E-state index contributed by atoms with van der Waals surface area (Å²) in [5.41, 5.74) is 2.38. The second kappa shape index (κ2) is 7.61. The first kappa shape index (κ1) is 17.9. The average Bonchev–Trinajstić information content (AvgIpc) is 3.24. The maximum Gasteiger partial charge on any atom is 0.291 e. The van der Waals surface area contributed by atoms with Gasteiger partial charge in [0.05, 0.1) is 4.53 Å². The Morgan fingerprint density at radius 2 is 2.11 bits per heavy atom. The van der Waals surface area contributed by atoms with E-state index in [2.05, 4.69) is 15.4 Å². The molecular weight excluding hydrogens is 376 g/mol. The topological polar surface area (TPSA) is 85.6 Å². The molecule has 2 heterocycles. The predicted molar refractivity (Wildman–Crippen MR) is 108 cm³/mol. The lowest BCUT2D eigenvalue weighted by molar-refractivity contribution is -0.118. The molecule has 0 bridgehead atoms. The number of hydrogen-bond donors (Lipinski definition) is 1. The van der Waals surface area contributed by atoms with Crippen LogP contribution in [-0.2, 0) is 4.79 Å². The standard InChI is InChI=1S/C20H16N4O3S/c1-13-4-2-6-15(8-13)23-18(25)11-27-16-7-3-5-14(9-16)10-17-19(26)24-20(28-17)21-12-22-24/h2-10,12H,11H2,1H3,(H,23,25)/b17-10-. The zero-order chi connectivity index (χ0) is 19.5. The Bertz CT molecular complexity index is 1260. The zero-order valence-corrected chi connectivity index (χ0v) is 15.8. The number of rotatable bonds is 5. The smallest absolute Gasteiger partial charge is 0.291 e. The summed E-state index contributed by atoms with van der Waals surface area (Å²) in [6.45, 7) is 1.85. The lowest BCUT2D eigenvalue weighted by Crippen LogP contribution is -2.23. The van der Waals surface area contributed by atoms with E-state index in [0.29, 0.717) is 15.2 Å². The maximum atomic E-state index is 12.2.